The molecule has 0 atom stereocenters. The number of benzene rings is 8. The second kappa shape index (κ2) is 10.4. The normalized spacial score (nSPS) is 12.0. The molecule has 1 aliphatic rings. The maximum Gasteiger partial charge on any atom is 0.0540 e. The van der Waals surface area contributed by atoms with Gasteiger partial charge < -0.3 is 4.90 Å². The molecule has 8 aromatic carbocycles. The average Bonchev–Trinajstić information content (AvgIpc) is 3.11. The molecule has 1 nitrogen and oxygen atoms in total. The van der Waals surface area contributed by atoms with Crippen LogP contribution in [0.15, 0.2) is 176 Å². The van der Waals surface area contributed by atoms with Crippen LogP contribution in [-0.2, 0) is 0 Å². The summed E-state index contributed by atoms with van der Waals surface area (Å²) in [4.78, 5) is 2.43. The monoisotopic (exact) mass is 571 g/mol. The number of hydrogen-bond donors (Lipinski definition) is 0. The topological polar surface area (TPSA) is 3.24 Å². The van der Waals surface area contributed by atoms with Crippen molar-refractivity contribution < 1.29 is 0 Å². The third kappa shape index (κ3) is 4.24. The zero-order valence-electron chi connectivity index (χ0n) is 24.7. The van der Waals surface area contributed by atoms with E-state index in [-0.39, 0.29) is 0 Å². The predicted molar refractivity (Wildman–Crippen MR) is 191 cm³/mol. The molecule has 0 amide bonds. The van der Waals surface area contributed by atoms with Crippen molar-refractivity contribution in [1.29, 1.82) is 0 Å². The van der Waals surface area contributed by atoms with E-state index < -0.39 is 0 Å². The van der Waals surface area contributed by atoms with Gasteiger partial charge in [-0.1, -0.05) is 140 Å². The molecular formula is C44H29N. The Hall–Kier alpha value is -5.92. The van der Waals surface area contributed by atoms with Gasteiger partial charge in [-0.3, -0.25) is 0 Å². The third-order valence-corrected chi connectivity index (χ3v) is 9.18. The summed E-state index contributed by atoms with van der Waals surface area (Å²) in [5.74, 6) is 0. The first-order chi connectivity index (χ1) is 22.3. The molecule has 0 N–H and O–H groups in total. The lowest BCUT2D eigenvalue weighted by Crippen LogP contribution is -2.13. The molecule has 0 aromatic heterocycles. The second-order valence-electron chi connectivity index (χ2n) is 11.8. The van der Waals surface area contributed by atoms with Crippen molar-refractivity contribution in [2.75, 3.05) is 4.90 Å². The molecule has 0 spiro atoms. The van der Waals surface area contributed by atoms with Crippen molar-refractivity contribution in [3.8, 4) is 44.5 Å². The lowest BCUT2D eigenvalue weighted by atomic mass is 9.87. The molecule has 45 heavy (non-hydrogen) atoms. The highest BCUT2D eigenvalue weighted by Crippen LogP contribution is 2.50. The maximum atomic E-state index is 2.43. The Balaban J connectivity index is 1.16. The van der Waals surface area contributed by atoms with Crippen LogP contribution in [0.25, 0.3) is 66.1 Å². The van der Waals surface area contributed by atoms with Crippen LogP contribution in [-0.4, -0.2) is 0 Å². The quantitative estimate of drug-likeness (QED) is 0.204. The smallest absolute Gasteiger partial charge is 0.0540 e. The Labute approximate surface area is 263 Å². The molecule has 210 valence electrons. The van der Waals surface area contributed by atoms with E-state index in [0.29, 0.717) is 0 Å². The highest BCUT2D eigenvalue weighted by Gasteiger charge is 2.24. The molecule has 1 aliphatic heterocycles. The fraction of sp³-hybridized carbons (Fsp3) is 0. The van der Waals surface area contributed by atoms with Crippen LogP contribution in [0.5, 0.6) is 0 Å². The summed E-state index contributed by atoms with van der Waals surface area (Å²) in [6.45, 7) is 0. The van der Waals surface area contributed by atoms with Crippen LogP contribution in [0.1, 0.15) is 0 Å². The average molecular weight is 572 g/mol. The SMILES string of the molecule is c1ccc(-c2ccc3cc(-c4ccc(N5c6ccccc6-c6cccc7cccc(c67)-c6ccccc65)cc4)ccc3c2)cc1. The van der Waals surface area contributed by atoms with Crippen molar-refractivity contribution >= 4 is 38.6 Å². The minimum atomic E-state index is 1.14. The number of anilines is 3. The van der Waals surface area contributed by atoms with Crippen LogP contribution < -0.4 is 4.90 Å². The van der Waals surface area contributed by atoms with E-state index in [2.05, 4.69) is 181 Å². The van der Waals surface area contributed by atoms with E-state index >= 15 is 0 Å². The van der Waals surface area contributed by atoms with Crippen LogP contribution in [0, 0.1) is 0 Å². The van der Waals surface area contributed by atoms with Gasteiger partial charge in [0.25, 0.3) is 0 Å². The Bertz CT molecular complexity index is 2290. The number of fused-ring (bicyclic) bond motifs is 5. The van der Waals surface area contributed by atoms with Gasteiger partial charge in [0.05, 0.1) is 11.4 Å². The summed E-state index contributed by atoms with van der Waals surface area (Å²) >= 11 is 0. The summed E-state index contributed by atoms with van der Waals surface area (Å²) in [6.07, 6.45) is 0. The maximum absolute atomic E-state index is 2.43. The zero-order chi connectivity index (χ0) is 29.7. The Kier molecular flexibility index (Phi) is 5.89. The van der Waals surface area contributed by atoms with Crippen molar-refractivity contribution in [3.05, 3.63) is 176 Å². The molecule has 0 fully saturated rings. The molecule has 1 heterocycles. The van der Waals surface area contributed by atoms with E-state index in [1.54, 1.807) is 0 Å². The summed E-state index contributed by atoms with van der Waals surface area (Å²) in [6, 6.07) is 64.1. The van der Waals surface area contributed by atoms with Gasteiger partial charge in [-0.25, -0.2) is 0 Å². The lowest BCUT2D eigenvalue weighted by Gasteiger charge is -2.32. The number of hydrogen-bond acceptors (Lipinski definition) is 1. The van der Waals surface area contributed by atoms with Gasteiger partial charge in [0.2, 0.25) is 0 Å². The summed E-state index contributed by atoms with van der Waals surface area (Å²) in [5, 5.41) is 5.07. The van der Waals surface area contributed by atoms with Crippen molar-refractivity contribution in [2.45, 2.75) is 0 Å². The standard InChI is InChI=1S/C44H29N/c1-2-10-30(11-3-1)33-20-22-36-29-34(21-23-35(36)28-33)31-24-26-37(27-25-31)45-42-18-6-4-14-38(42)40-16-8-12-32-13-9-17-41(44(32)40)39-15-5-7-19-43(39)45/h1-29H. The van der Waals surface area contributed by atoms with Crippen LogP contribution in [0.4, 0.5) is 17.1 Å². The van der Waals surface area contributed by atoms with Crippen LogP contribution >= 0.6 is 0 Å². The van der Waals surface area contributed by atoms with E-state index in [1.807, 2.05) is 0 Å². The molecule has 0 radical (unpaired) electrons. The van der Waals surface area contributed by atoms with E-state index in [9.17, 15) is 0 Å². The highest BCUT2D eigenvalue weighted by atomic mass is 15.1. The van der Waals surface area contributed by atoms with Gasteiger partial charge in [-0.2, -0.15) is 0 Å². The first-order valence-electron chi connectivity index (χ1n) is 15.5. The van der Waals surface area contributed by atoms with Gasteiger partial charge in [0.15, 0.2) is 0 Å². The Morgan fingerprint density at radius 2 is 0.756 bits per heavy atom. The predicted octanol–water partition coefficient (Wildman–Crippen LogP) is 12.4. The fourth-order valence-corrected chi connectivity index (χ4v) is 7.03. The van der Waals surface area contributed by atoms with Crippen molar-refractivity contribution in [2.24, 2.45) is 0 Å². The van der Waals surface area contributed by atoms with E-state index in [0.717, 1.165) is 5.69 Å². The number of para-hydroxylation sites is 2. The van der Waals surface area contributed by atoms with Crippen molar-refractivity contribution in [3.63, 3.8) is 0 Å². The van der Waals surface area contributed by atoms with Crippen molar-refractivity contribution in [1.82, 2.24) is 0 Å². The van der Waals surface area contributed by atoms with Gasteiger partial charge in [0, 0.05) is 16.8 Å². The summed E-state index contributed by atoms with van der Waals surface area (Å²) < 4.78 is 0. The van der Waals surface area contributed by atoms with E-state index in [1.165, 1.54) is 77.4 Å². The first kappa shape index (κ1) is 25.6. The fourth-order valence-electron chi connectivity index (χ4n) is 7.03. The molecule has 1 heteroatoms. The Morgan fingerprint density at radius 1 is 0.289 bits per heavy atom. The minimum absolute atomic E-state index is 1.14. The third-order valence-electron chi connectivity index (χ3n) is 9.18. The molecule has 0 saturated carbocycles. The van der Waals surface area contributed by atoms with Gasteiger partial charge >= 0.3 is 0 Å². The number of nitrogens with zero attached hydrogens (tertiary/aromatic N) is 1. The molecular weight excluding hydrogens is 542 g/mol. The Morgan fingerprint density at radius 3 is 1.33 bits per heavy atom. The molecule has 9 rings (SSSR count). The molecule has 0 unspecified atom stereocenters. The largest absolute Gasteiger partial charge is 0.309 e. The molecule has 0 saturated heterocycles. The minimum Gasteiger partial charge on any atom is -0.309 e. The molecule has 8 aromatic rings. The summed E-state index contributed by atoms with van der Waals surface area (Å²) in [7, 11) is 0. The second-order valence-corrected chi connectivity index (χ2v) is 11.8. The summed E-state index contributed by atoms with van der Waals surface area (Å²) in [5.41, 5.74) is 13.4. The lowest BCUT2D eigenvalue weighted by molar-refractivity contribution is 1.28. The highest BCUT2D eigenvalue weighted by molar-refractivity contribution is 6.12. The molecule has 0 aliphatic carbocycles. The first-order valence-corrected chi connectivity index (χ1v) is 15.5. The van der Waals surface area contributed by atoms with Gasteiger partial charge in [0.1, 0.15) is 0 Å². The zero-order valence-corrected chi connectivity index (χ0v) is 24.7. The van der Waals surface area contributed by atoms with E-state index in [4.69, 9.17) is 0 Å². The van der Waals surface area contributed by atoms with Crippen LogP contribution in [0.2, 0.25) is 0 Å². The van der Waals surface area contributed by atoms with Crippen LogP contribution in [0.3, 0.4) is 0 Å². The van der Waals surface area contributed by atoms with Gasteiger partial charge in [-0.05, 0) is 91.3 Å². The van der Waals surface area contributed by atoms with Gasteiger partial charge in [-0.15, -0.1) is 0 Å². The number of rotatable bonds is 3. The molecule has 0 bridgehead atoms.